The van der Waals surface area contributed by atoms with Crippen molar-refractivity contribution in [3.8, 4) is 0 Å². The molecule has 3 unspecified atom stereocenters. The molecular formula is C12H18N4O3. The van der Waals surface area contributed by atoms with Gasteiger partial charge < -0.3 is 10.0 Å². The lowest BCUT2D eigenvalue weighted by molar-refractivity contribution is -0.148. The van der Waals surface area contributed by atoms with Gasteiger partial charge in [-0.1, -0.05) is 0 Å². The zero-order valence-electron chi connectivity index (χ0n) is 11.1. The maximum atomic E-state index is 12.4. The van der Waals surface area contributed by atoms with Crippen molar-refractivity contribution in [3.63, 3.8) is 0 Å². The average molecular weight is 266 g/mol. The number of rotatable bonds is 3. The van der Waals surface area contributed by atoms with E-state index in [1.54, 1.807) is 11.8 Å². The maximum Gasteiger partial charge on any atom is 0.306 e. The van der Waals surface area contributed by atoms with Gasteiger partial charge in [0, 0.05) is 12.6 Å². The van der Waals surface area contributed by atoms with Gasteiger partial charge in [0.15, 0.2) is 0 Å². The molecule has 0 aliphatic carbocycles. The molecule has 0 aromatic carbocycles. The van der Waals surface area contributed by atoms with Crippen molar-refractivity contribution >= 4 is 11.9 Å². The quantitative estimate of drug-likeness (QED) is 0.863. The highest BCUT2D eigenvalue weighted by Gasteiger charge is 2.34. The predicted octanol–water partition coefficient (Wildman–Crippen LogP) is 0.551. The van der Waals surface area contributed by atoms with E-state index in [9.17, 15) is 9.59 Å². The third-order valence-electron chi connectivity index (χ3n) is 3.70. The van der Waals surface area contributed by atoms with Gasteiger partial charge in [0.1, 0.15) is 18.7 Å². The Labute approximate surface area is 111 Å². The summed E-state index contributed by atoms with van der Waals surface area (Å²) in [5.74, 6) is -1.16. The van der Waals surface area contributed by atoms with Gasteiger partial charge in [0.2, 0.25) is 5.91 Å². The molecule has 1 saturated heterocycles. The van der Waals surface area contributed by atoms with E-state index in [1.807, 2.05) is 6.92 Å². The minimum atomic E-state index is -0.775. The highest BCUT2D eigenvalue weighted by Crippen LogP contribution is 2.25. The van der Waals surface area contributed by atoms with Gasteiger partial charge in [-0.05, 0) is 26.7 Å². The third-order valence-corrected chi connectivity index (χ3v) is 3.70. The Morgan fingerprint density at radius 1 is 1.47 bits per heavy atom. The van der Waals surface area contributed by atoms with Crippen molar-refractivity contribution in [3.05, 3.63) is 12.7 Å². The standard InChI is InChI=1S/C12H18N4O3/c1-8-5-10(12(18)19)3-4-15(8)11(17)9(2)16-7-13-6-14-16/h6-10H,3-5H2,1-2H3,(H,18,19). The van der Waals surface area contributed by atoms with Crippen LogP contribution in [0.2, 0.25) is 0 Å². The fourth-order valence-corrected chi connectivity index (χ4v) is 2.49. The van der Waals surface area contributed by atoms with E-state index in [0.29, 0.717) is 19.4 Å². The third kappa shape index (κ3) is 2.74. The molecular weight excluding hydrogens is 248 g/mol. The van der Waals surface area contributed by atoms with Crippen LogP contribution in [0.5, 0.6) is 0 Å². The van der Waals surface area contributed by atoms with Crippen LogP contribution in [-0.2, 0) is 9.59 Å². The van der Waals surface area contributed by atoms with Crippen molar-refractivity contribution < 1.29 is 14.7 Å². The summed E-state index contributed by atoms with van der Waals surface area (Å²) in [7, 11) is 0. The highest BCUT2D eigenvalue weighted by atomic mass is 16.4. The van der Waals surface area contributed by atoms with Crippen LogP contribution in [0.3, 0.4) is 0 Å². The molecule has 7 heteroatoms. The maximum absolute atomic E-state index is 12.4. The lowest BCUT2D eigenvalue weighted by atomic mass is 9.91. The minimum Gasteiger partial charge on any atom is -0.481 e. The number of carbonyl (C=O) groups is 2. The summed E-state index contributed by atoms with van der Waals surface area (Å²) in [6.45, 7) is 4.14. The first-order chi connectivity index (χ1) is 9.00. The summed E-state index contributed by atoms with van der Waals surface area (Å²) in [4.78, 5) is 28.9. The second-order valence-corrected chi connectivity index (χ2v) is 4.99. The Morgan fingerprint density at radius 2 is 2.21 bits per heavy atom. The van der Waals surface area contributed by atoms with E-state index in [1.165, 1.54) is 17.3 Å². The van der Waals surface area contributed by atoms with E-state index in [-0.39, 0.29) is 17.9 Å². The van der Waals surface area contributed by atoms with Crippen molar-refractivity contribution in [2.75, 3.05) is 6.54 Å². The van der Waals surface area contributed by atoms with Crippen LogP contribution in [0.25, 0.3) is 0 Å². The van der Waals surface area contributed by atoms with E-state index in [4.69, 9.17) is 5.11 Å². The molecule has 1 aliphatic heterocycles. The number of hydrogen-bond donors (Lipinski definition) is 1. The molecule has 7 nitrogen and oxygen atoms in total. The first-order valence-electron chi connectivity index (χ1n) is 6.38. The molecule has 104 valence electrons. The Bertz CT molecular complexity index is 460. The molecule has 3 atom stereocenters. The molecule has 0 saturated carbocycles. The molecule has 2 rings (SSSR count). The fraction of sp³-hybridized carbons (Fsp3) is 0.667. The first-order valence-corrected chi connectivity index (χ1v) is 6.38. The van der Waals surface area contributed by atoms with Crippen LogP contribution >= 0.6 is 0 Å². The van der Waals surface area contributed by atoms with E-state index in [0.717, 1.165) is 0 Å². The van der Waals surface area contributed by atoms with Crippen LogP contribution in [0, 0.1) is 5.92 Å². The number of hydrogen-bond acceptors (Lipinski definition) is 4. The van der Waals surface area contributed by atoms with Crippen LogP contribution in [-0.4, -0.2) is 49.2 Å². The van der Waals surface area contributed by atoms with Gasteiger partial charge in [-0.25, -0.2) is 9.67 Å². The molecule has 19 heavy (non-hydrogen) atoms. The monoisotopic (exact) mass is 266 g/mol. The number of likely N-dealkylation sites (tertiary alicyclic amines) is 1. The first kappa shape index (κ1) is 13.5. The number of aromatic nitrogens is 3. The fourth-order valence-electron chi connectivity index (χ4n) is 2.49. The van der Waals surface area contributed by atoms with Crippen molar-refractivity contribution in [1.82, 2.24) is 19.7 Å². The zero-order valence-corrected chi connectivity index (χ0v) is 11.1. The molecule has 0 radical (unpaired) electrons. The molecule has 1 aromatic rings. The molecule has 1 aliphatic rings. The van der Waals surface area contributed by atoms with E-state index in [2.05, 4.69) is 10.1 Å². The molecule has 1 N–H and O–H groups in total. The average Bonchev–Trinajstić information content (AvgIpc) is 2.90. The summed E-state index contributed by atoms with van der Waals surface area (Å²) >= 11 is 0. The molecule has 0 spiro atoms. The summed E-state index contributed by atoms with van der Waals surface area (Å²) in [6.07, 6.45) is 3.92. The SMILES string of the molecule is CC1CC(C(=O)O)CCN1C(=O)C(C)n1cncn1. The second kappa shape index (κ2) is 5.38. The van der Waals surface area contributed by atoms with Gasteiger partial charge in [-0.15, -0.1) is 0 Å². The molecule has 2 heterocycles. The number of aliphatic carboxylic acids is 1. The van der Waals surface area contributed by atoms with Crippen molar-refractivity contribution in [1.29, 1.82) is 0 Å². The summed E-state index contributed by atoms with van der Waals surface area (Å²) in [5, 5.41) is 13.0. The lowest BCUT2D eigenvalue weighted by Crippen LogP contribution is -2.48. The number of carbonyl (C=O) groups excluding carboxylic acids is 1. The number of carboxylic acid groups (broad SMARTS) is 1. The molecule has 1 fully saturated rings. The van der Waals surface area contributed by atoms with Crippen LogP contribution in [0.1, 0.15) is 32.7 Å². The van der Waals surface area contributed by atoms with Crippen LogP contribution in [0.4, 0.5) is 0 Å². The predicted molar refractivity (Wildman–Crippen MR) is 66.3 cm³/mol. The molecule has 1 amide bonds. The molecule has 1 aromatic heterocycles. The Hall–Kier alpha value is -1.92. The number of carboxylic acids is 1. The number of nitrogens with zero attached hydrogens (tertiary/aromatic N) is 4. The van der Waals surface area contributed by atoms with E-state index < -0.39 is 12.0 Å². The van der Waals surface area contributed by atoms with Gasteiger partial charge in [-0.3, -0.25) is 9.59 Å². The topological polar surface area (TPSA) is 88.3 Å². The van der Waals surface area contributed by atoms with Gasteiger partial charge in [0.05, 0.1) is 5.92 Å². The van der Waals surface area contributed by atoms with Gasteiger partial charge in [-0.2, -0.15) is 5.10 Å². The summed E-state index contributed by atoms with van der Waals surface area (Å²) in [6, 6.07) is -0.473. The number of amides is 1. The summed E-state index contributed by atoms with van der Waals surface area (Å²) < 4.78 is 1.51. The second-order valence-electron chi connectivity index (χ2n) is 4.99. The Balaban J connectivity index is 2.03. The molecule has 0 bridgehead atoms. The van der Waals surface area contributed by atoms with E-state index >= 15 is 0 Å². The Kier molecular flexibility index (Phi) is 3.82. The smallest absolute Gasteiger partial charge is 0.306 e. The van der Waals surface area contributed by atoms with Crippen molar-refractivity contribution in [2.45, 2.75) is 38.8 Å². The normalized spacial score (nSPS) is 25.1. The largest absolute Gasteiger partial charge is 0.481 e. The van der Waals surface area contributed by atoms with Gasteiger partial charge in [0.25, 0.3) is 0 Å². The van der Waals surface area contributed by atoms with Crippen LogP contribution in [0.15, 0.2) is 12.7 Å². The van der Waals surface area contributed by atoms with Crippen LogP contribution < -0.4 is 0 Å². The number of piperidine rings is 1. The lowest BCUT2D eigenvalue weighted by Gasteiger charge is -2.37. The van der Waals surface area contributed by atoms with Crippen molar-refractivity contribution in [2.24, 2.45) is 5.92 Å². The minimum absolute atomic E-state index is 0.0400. The van der Waals surface area contributed by atoms with Gasteiger partial charge >= 0.3 is 5.97 Å². The zero-order chi connectivity index (χ0) is 14.0. The Morgan fingerprint density at radius 3 is 2.74 bits per heavy atom. The highest BCUT2D eigenvalue weighted by molar-refractivity contribution is 5.80. The summed E-state index contributed by atoms with van der Waals surface area (Å²) in [5.41, 5.74) is 0.